The molecule has 118 valence electrons. The first kappa shape index (κ1) is 13.2. The van der Waals surface area contributed by atoms with Gasteiger partial charge in [0.15, 0.2) is 0 Å². The Morgan fingerprint density at radius 3 is 3.26 bits per heavy atom. The monoisotopic (exact) mass is 309 g/mol. The number of H-pyrrole nitrogens is 1. The highest BCUT2D eigenvalue weighted by molar-refractivity contribution is 5.76. The quantitative estimate of drug-likeness (QED) is 0.787. The number of aromatic nitrogens is 4. The Labute approximate surface area is 133 Å². The molecule has 1 N–H and O–H groups in total. The second kappa shape index (κ2) is 4.89. The van der Waals surface area contributed by atoms with E-state index in [2.05, 4.69) is 31.5 Å². The minimum Gasteiger partial charge on any atom is -0.298 e. The highest BCUT2D eigenvalue weighted by Crippen LogP contribution is 2.44. The fourth-order valence-electron chi connectivity index (χ4n) is 4.46. The predicted octanol–water partition coefficient (Wildman–Crippen LogP) is 2.43. The van der Waals surface area contributed by atoms with Crippen molar-refractivity contribution in [1.29, 1.82) is 0 Å². The summed E-state index contributed by atoms with van der Waals surface area (Å²) in [5.74, 6) is 0. The molecule has 6 heteroatoms. The van der Waals surface area contributed by atoms with Gasteiger partial charge >= 0.3 is 0 Å². The van der Waals surface area contributed by atoms with Crippen LogP contribution in [0.25, 0.3) is 11.0 Å². The van der Waals surface area contributed by atoms with E-state index >= 15 is 0 Å². The number of fused-ring (bicyclic) bond motifs is 3. The standard InChI is InChI=1S/C17H19N5O/c1-3-13(15-14(4-1)20-23-21-15)10-22-8-2-6-17(11-22)7-5-12-9-18-19-16(12)17/h1,3-4,9H,2,5-8,10-11H2,(H,18,19). The SMILES string of the molecule is c1cc(CN2CCCC3(CCc4cn[nH]c43)C2)c2nonc2c1. The molecule has 0 radical (unpaired) electrons. The van der Waals surface area contributed by atoms with Crippen LogP contribution in [0.4, 0.5) is 0 Å². The molecule has 1 atom stereocenters. The zero-order valence-corrected chi connectivity index (χ0v) is 13.0. The first-order valence-corrected chi connectivity index (χ1v) is 8.29. The third-order valence-electron chi connectivity index (χ3n) is 5.54. The number of hydrogen-bond acceptors (Lipinski definition) is 5. The smallest absolute Gasteiger partial charge is 0.139 e. The van der Waals surface area contributed by atoms with Gasteiger partial charge in [-0.05, 0) is 59.7 Å². The fraction of sp³-hybridized carbons (Fsp3) is 0.471. The zero-order valence-electron chi connectivity index (χ0n) is 13.0. The molecular weight excluding hydrogens is 290 g/mol. The van der Waals surface area contributed by atoms with Crippen molar-refractivity contribution in [3.63, 3.8) is 0 Å². The number of rotatable bonds is 2. The van der Waals surface area contributed by atoms with Gasteiger partial charge in [-0.15, -0.1) is 0 Å². The Morgan fingerprint density at radius 1 is 1.26 bits per heavy atom. The van der Waals surface area contributed by atoms with E-state index in [9.17, 15) is 0 Å². The van der Waals surface area contributed by atoms with Gasteiger partial charge in [-0.3, -0.25) is 10.00 Å². The number of nitrogens with zero attached hydrogens (tertiary/aromatic N) is 4. The molecule has 1 aliphatic heterocycles. The minimum absolute atomic E-state index is 0.264. The van der Waals surface area contributed by atoms with Crippen LogP contribution in [-0.4, -0.2) is 38.5 Å². The summed E-state index contributed by atoms with van der Waals surface area (Å²) in [6, 6.07) is 6.11. The van der Waals surface area contributed by atoms with Crippen molar-refractivity contribution < 1.29 is 4.63 Å². The van der Waals surface area contributed by atoms with Crippen molar-refractivity contribution in [1.82, 2.24) is 25.4 Å². The number of benzene rings is 1. The summed E-state index contributed by atoms with van der Waals surface area (Å²) in [6.45, 7) is 3.12. The van der Waals surface area contributed by atoms with Crippen LogP contribution < -0.4 is 0 Å². The lowest BCUT2D eigenvalue weighted by Gasteiger charge is -2.40. The molecule has 23 heavy (non-hydrogen) atoms. The molecule has 1 unspecified atom stereocenters. The summed E-state index contributed by atoms with van der Waals surface area (Å²) in [6.07, 6.45) is 6.89. The maximum absolute atomic E-state index is 4.89. The van der Waals surface area contributed by atoms with Gasteiger partial charge in [-0.2, -0.15) is 5.10 Å². The van der Waals surface area contributed by atoms with Crippen LogP contribution in [0.5, 0.6) is 0 Å². The van der Waals surface area contributed by atoms with Crippen molar-refractivity contribution in [3.8, 4) is 0 Å². The molecule has 1 fully saturated rings. The van der Waals surface area contributed by atoms with Crippen molar-refractivity contribution in [3.05, 3.63) is 41.2 Å². The van der Waals surface area contributed by atoms with E-state index in [-0.39, 0.29) is 5.41 Å². The van der Waals surface area contributed by atoms with Crippen LogP contribution in [0.15, 0.2) is 29.0 Å². The van der Waals surface area contributed by atoms with Gasteiger partial charge in [-0.25, -0.2) is 4.63 Å². The summed E-state index contributed by atoms with van der Waals surface area (Å²) in [7, 11) is 0. The van der Waals surface area contributed by atoms with Gasteiger partial charge in [0.25, 0.3) is 0 Å². The van der Waals surface area contributed by atoms with Crippen molar-refractivity contribution in [2.45, 2.75) is 37.6 Å². The van der Waals surface area contributed by atoms with Crippen molar-refractivity contribution in [2.75, 3.05) is 13.1 Å². The molecule has 6 nitrogen and oxygen atoms in total. The molecule has 2 aromatic heterocycles. The van der Waals surface area contributed by atoms with Gasteiger partial charge in [0, 0.05) is 24.2 Å². The molecule has 5 rings (SSSR count). The Bertz CT molecular complexity index is 853. The summed E-state index contributed by atoms with van der Waals surface area (Å²) in [4.78, 5) is 2.54. The second-order valence-electron chi connectivity index (χ2n) is 6.91. The number of aromatic amines is 1. The van der Waals surface area contributed by atoms with Crippen molar-refractivity contribution in [2.24, 2.45) is 0 Å². The first-order chi connectivity index (χ1) is 11.3. The minimum atomic E-state index is 0.264. The lowest BCUT2D eigenvalue weighted by atomic mass is 9.77. The van der Waals surface area contributed by atoms with Gasteiger partial charge in [0.2, 0.25) is 0 Å². The average Bonchev–Trinajstić information content (AvgIpc) is 3.27. The summed E-state index contributed by atoms with van der Waals surface area (Å²) in [5, 5.41) is 15.6. The molecule has 2 aliphatic rings. The first-order valence-electron chi connectivity index (χ1n) is 8.29. The van der Waals surface area contributed by atoms with Crippen LogP contribution >= 0.6 is 0 Å². The Morgan fingerprint density at radius 2 is 2.26 bits per heavy atom. The molecule has 0 bridgehead atoms. The molecule has 0 amide bonds. The molecule has 1 saturated heterocycles. The Hall–Kier alpha value is -2.21. The number of likely N-dealkylation sites (tertiary alicyclic amines) is 1. The van der Waals surface area contributed by atoms with E-state index in [0.29, 0.717) is 0 Å². The van der Waals surface area contributed by atoms with Gasteiger partial charge in [0.05, 0.1) is 6.20 Å². The third kappa shape index (κ3) is 2.01. The maximum atomic E-state index is 4.89. The van der Waals surface area contributed by atoms with E-state index in [1.807, 2.05) is 18.3 Å². The molecule has 1 aromatic carbocycles. The van der Waals surface area contributed by atoms with Gasteiger partial charge in [0.1, 0.15) is 11.0 Å². The third-order valence-corrected chi connectivity index (χ3v) is 5.54. The fourth-order valence-corrected chi connectivity index (χ4v) is 4.46. The van der Waals surface area contributed by atoms with Crippen LogP contribution in [-0.2, 0) is 18.4 Å². The zero-order chi connectivity index (χ0) is 15.3. The molecular formula is C17H19N5O. The van der Waals surface area contributed by atoms with Gasteiger partial charge < -0.3 is 0 Å². The number of nitrogens with one attached hydrogen (secondary N) is 1. The predicted molar refractivity (Wildman–Crippen MR) is 84.9 cm³/mol. The number of aryl methyl sites for hydroxylation is 1. The Balaban J connectivity index is 1.43. The Kier molecular flexibility index (Phi) is 2.82. The topological polar surface area (TPSA) is 70.8 Å². The van der Waals surface area contributed by atoms with Gasteiger partial charge in [-0.1, -0.05) is 12.1 Å². The second-order valence-corrected chi connectivity index (χ2v) is 6.91. The highest BCUT2D eigenvalue weighted by atomic mass is 16.6. The summed E-state index contributed by atoms with van der Waals surface area (Å²) in [5.41, 5.74) is 5.98. The highest BCUT2D eigenvalue weighted by Gasteiger charge is 2.43. The van der Waals surface area contributed by atoms with Crippen LogP contribution in [0.1, 0.15) is 36.1 Å². The van der Waals surface area contributed by atoms with E-state index in [4.69, 9.17) is 4.63 Å². The molecule has 0 saturated carbocycles. The average molecular weight is 309 g/mol. The summed E-state index contributed by atoms with van der Waals surface area (Å²) >= 11 is 0. The molecule has 1 spiro atoms. The van der Waals surface area contributed by atoms with Crippen LogP contribution in [0.2, 0.25) is 0 Å². The molecule has 1 aliphatic carbocycles. The van der Waals surface area contributed by atoms with Crippen LogP contribution in [0.3, 0.4) is 0 Å². The van der Waals surface area contributed by atoms with E-state index < -0.39 is 0 Å². The van der Waals surface area contributed by atoms with E-state index in [1.54, 1.807) is 0 Å². The van der Waals surface area contributed by atoms with Crippen molar-refractivity contribution >= 4 is 11.0 Å². The lowest BCUT2D eigenvalue weighted by Crippen LogP contribution is -2.44. The van der Waals surface area contributed by atoms with E-state index in [0.717, 1.165) is 37.1 Å². The normalized spacial score (nSPS) is 24.5. The molecule has 3 heterocycles. The summed E-state index contributed by atoms with van der Waals surface area (Å²) < 4.78 is 4.89. The maximum Gasteiger partial charge on any atom is 0.139 e. The van der Waals surface area contributed by atoms with E-state index in [1.165, 1.54) is 36.1 Å². The largest absolute Gasteiger partial charge is 0.298 e. The lowest BCUT2D eigenvalue weighted by molar-refractivity contribution is 0.136. The van der Waals surface area contributed by atoms with Crippen LogP contribution in [0, 0.1) is 0 Å². The number of piperidine rings is 1. The molecule has 3 aromatic rings. The number of hydrogen-bond donors (Lipinski definition) is 1.